The van der Waals surface area contributed by atoms with Crippen molar-refractivity contribution in [1.82, 2.24) is 4.90 Å². The second kappa shape index (κ2) is 7.45. The van der Waals surface area contributed by atoms with Crippen LogP contribution in [0.3, 0.4) is 0 Å². The van der Waals surface area contributed by atoms with Gasteiger partial charge in [0.1, 0.15) is 0 Å². The number of amides is 2. The fraction of sp³-hybridized carbons (Fsp3) is 0.278. The lowest BCUT2D eigenvalue weighted by atomic mass is 10.2. The highest BCUT2D eigenvalue weighted by Crippen LogP contribution is 2.23. The maximum absolute atomic E-state index is 12.5. The number of anilines is 2. The number of piperazine rings is 1. The average Bonchev–Trinajstić information content (AvgIpc) is 2.58. The number of carbonyl (C=O) groups is 1. The first-order valence-electron chi connectivity index (χ1n) is 7.85. The number of hydrogen-bond acceptors (Lipinski definition) is 2. The first-order valence-corrected chi connectivity index (χ1v) is 9.02. The fourth-order valence-corrected chi connectivity index (χ4v) is 3.31. The Balaban J connectivity index is 1.60. The zero-order valence-corrected chi connectivity index (χ0v) is 15.8. The van der Waals surface area contributed by atoms with Crippen LogP contribution < -0.4 is 10.2 Å². The second-order valence-electron chi connectivity index (χ2n) is 5.84. The van der Waals surface area contributed by atoms with Crippen molar-refractivity contribution < 1.29 is 4.79 Å². The molecule has 0 bridgehead atoms. The molecule has 0 aliphatic carbocycles. The molecule has 2 amide bonds. The molecule has 1 N–H and O–H groups in total. The topological polar surface area (TPSA) is 35.6 Å². The van der Waals surface area contributed by atoms with E-state index in [0.29, 0.717) is 13.1 Å². The van der Waals surface area contributed by atoms with Gasteiger partial charge in [0.05, 0.1) is 0 Å². The lowest BCUT2D eigenvalue weighted by molar-refractivity contribution is 0.208. The normalized spacial score (nSPS) is 14.6. The Kier molecular flexibility index (Phi) is 5.31. The Morgan fingerprint density at radius 1 is 1.12 bits per heavy atom. The van der Waals surface area contributed by atoms with E-state index in [1.807, 2.05) is 54.3 Å². The lowest BCUT2D eigenvalue weighted by Gasteiger charge is -2.36. The van der Waals surface area contributed by atoms with Crippen LogP contribution in [0.25, 0.3) is 0 Å². The van der Waals surface area contributed by atoms with E-state index in [9.17, 15) is 4.79 Å². The number of nitrogens with zero attached hydrogens (tertiary/aromatic N) is 2. The van der Waals surface area contributed by atoms with E-state index < -0.39 is 0 Å². The summed E-state index contributed by atoms with van der Waals surface area (Å²) in [7, 11) is 0. The van der Waals surface area contributed by atoms with Crippen LogP contribution in [0.4, 0.5) is 16.2 Å². The molecule has 1 aliphatic rings. The van der Waals surface area contributed by atoms with Gasteiger partial charge in [-0.05, 0) is 42.8 Å². The van der Waals surface area contributed by atoms with E-state index in [-0.39, 0.29) is 6.03 Å². The molecule has 0 spiro atoms. The average molecular weight is 409 g/mol. The minimum absolute atomic E-state index is 0.0538. The number of urea groups is 1. The molecule has 1 aliphatic heterocycles. The zero-order chi connectivity index (χ0) is 17.1. The summed E-state index contributed by atoms with van der Waals surface area (Å²) >= 11 is 9.50. The van der Waals surface area contributed by atoms with Crippen molar-refractivity contribution in [2.45, 2.75) is 6.92 Å². The lowest BCUT2D eigenvalue weighted by Crippen LogP contribution is -2.50. The summed E-state index contributed by atoms with van der Waals surface area (Å²) in [6, 6.07) is 13.7. The highest BCUT2D eigenvalue weighted by atomic mass is 79.9. The quantitative estimate of drug-likeness (QED) is 0.777. The van der Waals surface area contributed by atoms with Gasteiger partial charge in [-0.1, -0.05) is 39.7 Å². The van der Waals surface area contributed by atoms with Crippen LogP contribution >= 0.6 is 27.5 Å². The van der Waals surface area contributed by atoms with E-state index in [1.54, 1.807) is 0 Å². The number of halogens is 2. The van der Waals surface area contributed by atoms with E-state index >= 15 is 0 Å². The molecule has 1 saturated heterocycles. The number of rotatable bonds is 2. The van der Waals surface area contributed by atoms with E-state index in [0.717, 1.165) is 39.5 Å². The maximum atomic E-state index is 12.5. The van der Waals surface area contributed by atoms with Gasteiger partial charge in [0.25, 0.3) is 0 Å². The Bertz CT molecular complexity index is 745. The minimum atomic E-state index is -0.0538. The Labute approximate surface area is 155 Å². The Morgan fingerprint density at radius 3 is 2.58 bits per heavy atom. The summed E-state index contributed by atoms with van der Waals surface area (Å²) in [5.41, 5.74) is 2.99. The van der Waals surface area contributed by atoms with Gasteiger partial charge in [0.2, 0.25) is 0 Å². The third kappa shape index (κ3) is 4.02. The zero-order valence-electron chi connectivity index (χ0n) is 13.4. The second-order valence-corrected chi connectivity index (χ2v) is 7.20. The van der Waals surface area contributed by atoms with Gasteiger partial charge in [0, 0.05) is 47.0 Å². The fourth-order valence-electron chi connectivity index (χ4n) is 2.76. The molecule has 1 fully saturated rings. The molecule has 6 heteroatoms. The highest BCUT2D eigenvalue weighted by molar-refractivity contribution is 9.10. The Morgan fingerprint density at radius 2 is 1.88 bits per heavy atom. The molecule has 0 unspecified atom stereocenters. The third-order valence-corrected chi connectivity index (χ3v) is 4.91. The molecule has 0 atom stereocenters. The summed E-state index contributed by atoms with van der Waals surface area (Å²) in [6.45, 7) is 4.95. The predicted octanol–water partition coefficient (Wildman–Crippen LogP) is 4.77. The van der Waals surface area contributed by atoms with Gasteiger partial charge >= 0.3 is 6.03 Å². The maximum Gasteiger partial charge on any atom is 0.321 e. The molecule has 0 saturated carbocycles. The van der Waals surface area contributed by atoms with Gasteiger partial charge in [0.15, 0.2) is 0 Å². The molecule has 126 valence electrons. The monoisotopic (exact) mass is 407 g/mol. The van der Waals surface area contributed by atoms with Gasteiger partial charge in [-0.15, -0.1) is 0 Å². The standard InChI is InChI=1S/C18H19BrClN3O/c1-13-5-6-14(19)11-17(13)21-18(24)23-9-7-22(8-10-23)16-4-2-3-15(20)12-16/h2-6,11-12H,7-10H2,1H3,(H,21,24). The van der Waals surface area contributed by atoms with Gasteiger partial charge in [-0.3, -0.25) is 0 Å². The third-order valence-electron chi connectivity index (χ3n) is 4.18. The van der Waals surface area contributed by atoms with Crippen LogP contribution in [0.5, 0.6) is 0 Å². The van der Waals surface area contributed by atoms with Crippen molar-refractivity contribution in [2.24, 2.45) is 0 Å². The number of hydrogen-bond donors (Lipinski definition) is 1. The van der Waals surface area contributed by atoms with Crippen molar-refractivity contribution in [3.05, 3.63) is 57.5 Å². The number of carbonyl (C=O) groups excluding carboxylic acids is 1. The molecular weight excluding hydrogens is 390 g/mol. The van der Waals surface area contributed by atoms with Crippen molar-refractivity contribution in [3.63, 3.8) is 0 Å². The number of benzene rings is 2. The smallest absolute Gasteiger partial charge is 0.321 e. The summed E-state index contributed by atoms with van der Waals surface area (Å²) in [6.07, 6.45) is 0. The summed E-state index contributed by atoms with van der Waals surface area (Å²) in [5, 5.41) is 3.74. The molecule has 0 radical (unpaired) electrons. The molecule has 3 rings (SSSR count). The van der Waals surface area contributed by atoms with Crippen LogP contribution in [0.2, 0.25) is 5.02 Å². The van der Waals surface area contributed by atoms with Crippen molar-refractivity contribution in [2.75, 3.05) is 36.4 Å². The molecule has 0 aromatic heterocycles. The minimum Gasteiger partial charge on any atom is -0.368 e. The molecular formula is C18H19BrClN3O. The summed E-state index contributed by atoms with van der Waals surface area (Å²) < 4.78 is 0.953. The first-order chi connectivity index (χ1) is 11.5. The van der Waals surface area contributed by atoms with Gasteiger partial charge < -0.3 is 15.1 Å². The largest absolute Gasteiger partial charge is 0.368 e. The molecule has 2 aromatic rings. The Hall–Kier alpha value is -1.72. The SMILES string of the molecule is Cc1ccc(Br)cc1NC(=O)N1CCN(c2cccc(Cl)c2)CC1. The summed E-state index contributed by atoms with van der Waals surface area (Å²) in [4.78, 5) is 16.6. The predicted molar refractivity (Wildman–Crippen MR) is 103 cm³/mol. The van der Waals surface area contributed by atoms with Crippen LogP contribution in [-0.4, -0.2) is 37.1 Å². The van der Waals surface area contributed by atoms with Gasteiger partial charge in [-0.25, -0.2) is 4.79 Å². The van der Waals surface area contributed by atoms with Crippen LogP contribution in [0.1, 0.15) is 5.56 Å². The van der Waals surface area contributed by atoms with E-state index in [4.69, 9.17) is 11.6 Å². The molecule has 1 heterocycles. The number of nitrogens with one attached hydrogen (secondary N) is 1. The van der Waals surface area contributed by atoms with Crippen molar-refractivity contribution in [1.29, 1.82) is 0 Å². The van der Waals surface area contributed by atoms with E-state index in [2.05, 4.69) is 26.1 Å². The molecule has 4 nitrogen and oxygen atoms in total. The summed E-state index contributed by atoms with van der Waals surface area (Å²) in [5.74, 6) is 0. The highest BCUT2D eigenvalue weighted by Gasteiger charge is 2.21. The van der Waals surface area contributed by atoms with Crippen LogP contribution in [0.15, 0.2) is 46.9 Å². The van der Waals surface area contributed by atoms with Crippen LogP contribution in [-0.2, 0) is 0 Å². The van der Waals surface area contributed by atoms with Crippen LogP contribution in [0, 0.1) is 6.92 Å². The van der Waals surface area contributed by atoms with Crippen molar-refractivity contribution in [3.8, 4) is 0 Å². The molecule has 24 heavy (non-hydrogen) atoms. The number of aryl methyl sites for hydroxylation is 1. The van der Waals surface area contributed by atoms with E-state index in [1.165, 1.54) is 0 Å². The van der Waals surface area contributed by atoms with Crippen molar-refractivity contribution >= 4 is 44.9 Å². The van der Waals surface area contributed by atoms with Gasteiger partial charge in [-0.2, -0.15) is 0 Å². The first kappa shape index (κ1) is 17.1. The molecule has 2 aromatic carbocycles.